The second-order valence-electron chi connectivity index (χ2n) is 7.88. The van der Waals surface area contributed by atoms with Crippen LogP contribution in [-0.4, -0.2) is 32.6 Å². The molecule has 2 heterocycles. The molecule has 33 heavy (non-hydrogen) atoms. The van der Waals surface area contributed by atoms with Crippen LogP contribution in [0.4, 0.5) is 0 Å². The van der Waals surface area contributed by atoms with Crippen molar-refractivity contribution in [2.75, 3.05) is 6.61 Å². The molecule has 0 radical (unpaired) electrons. The first-order valence-electron chi connectivity index (χ1n) is 11.3. The summed E-state index contributed by atoms with van der Waals surface area (Å²) in [7, 11) is 0. The van der Waals surface area contributed by atoms with Crippen molar-refractivity contribution in [3.63, 3.8) is 0 Å². The van der Waals surface area contributed by atoms with Crippen molar-refractivity contribution in [3.05, 3.63) is 89.6 Å². The lowest BCUT2D eigenvalue weighted by Gasteiger charge is -2.15. The van der Waals surface area contributed by atoms with Gasteiger partial charge in [0.2, 0.25) is 5.89 Å². The van der Waals surface area contributed by atoms with E-state index in [1.54, 1.807) is 19.3 Å². The predicted octanol–water partition coefficient (Wildman–Crippen LogP) is 4.76. The molecule has 1 unspecified atom stereocenters. The van der Waals surface area contributed by atoms with E-state index < -0.39 is 6.04 Å². The number of carbonyl (C=O) groups is 1. The van der Waals surface area contributed by atoms with Crippen LogP contribution >= 0.6 is 0 Å². The quantitative estimate of drug-likeness (QED) is 0.328. The van der Waals surface area contributed by atoms with Gasteiger partial charge in [-0.1, -0.05) is 42.5 Å². The normalized spacial score (nSPS) is 11.9. The molecule has 4 aromatic rings. The van der Waals surface area contributed by atoms with Crippen LogP contribution in [-0.2, 0) is 28.8 Å². The fraction of sp³-hybridized carbons (Fsp3) is 0.308. The van der Waals surface area contributed by atoms with E-state index in [-0.39, 0.29) is 5.97 Å². The number of oxazole rings is 1. The van der Waals surface area contributed by atoms with Crippen LogP contribution in [0, 0.1) is 6.92 Å². The Bertz CT molecular complexity index is 1150. The summed E-state index contributed by atoms with van der Waals surface area (Å²) in [6.07, 6.45) is 6.39. The summed E-state index contributed by atoms with van der Waals surface area (Å²) in [5, 5.41) is 8.24. The van der Waals surface area contributed by atoms with E-state index in [1.807, 2.05) is 37.3 Å². The standard InChI is InChI=1S/C26H28N4O3/c1-3-32-26(31)24(30-27-16-17-28-30)18-21-14-12-20(13-15-21)8-7-11-23-19(2)33-25(29-23)22-9-5-4-6-10-22/h4-6,9-10,12-17,24H,3,7-8,11,18H2,1-2H3. The van der Waals surface area contributed by atoms with Crippen LogP contribution in [0.25, 0.3) is 11.5 Å². The summed E-state index contributed by atoms with van der Waals surface area (Å²) >= 11 is 0. The molecule has 2 aromatic carbocycles. The van der Waals surface area contributed by atoms with Crippen molar-refractivity contribution in [2.45, 2.75) is 45.6 Å². The number of ether oxygens (including phenoxy) is 1. The Hall–Kier alpha value is -3.74. The lowest BCUT2D eigenvalue weighted by atomic mass is 10.0. The molecule has 0 N–H and O–H groups in total. The van der Waals surface area contributed by atoms with Crippen molar-refractivity contribution < 1.29 is 13.9 Å². The summed E-state index contributed by atoms with van der Waals surface area (Å²) in [5.74, 6) is 1.23. The third kappa shape index (κ3) is 5.74. The van der Waals surface area contributed by atoms with Gasteiger partial charge in [-0.05, 0) is 56.4 Å². The van der Waals surface area contributed by atoms with Crippen molar-refractivity contribution in [1.29, 1.82) is 0 Å². The molecule has 4 rings (SSSR count). The molecule has 0 aliphatic heterocycles. The molecule has 0 aliphatic rings. The van der Waals surface area contributed by atoms with E-state index in [1.165, 1.54) is 10.4 Å². The van der Waals surface area contributed by atoms with Crippen LogP contribution in [0.15, 0.2) is 71.4 Å². The van der Waals surface area contributed by atoms with Gasteiger partial charge in [0.15, 0.2) is 6.04 Å². The van der Waals surface area contributed by atoms with Gasteiger partial charge in [0, 0.05) is 12.0 Å². The van der Waals surface area contributed by atoms with Crippen LogP contribution in [0.1, 0.15) is 42.0 Å². The lowest BCUT2D eigenvalue weighted by Crippen LogP contribution is -2.26. The molecule has 7 heteroatoms. The van der Waals surface area contributed by atoms with E-state index in [4.69, 9.17) is 9.15 Å². The monoisotopic (exact) mass is 444 g/mol. The predicted molar refractivity (Wildman–Crippen MR) is 125 cm³/mol. The van der Waals surface area contributed by atoms with Gasteiger partial charge < -0.3 is 9.15 Å². The average molecular weight is 445 g/mol. The highest BCUT2D eigenvalue weighted by Gasteiger charge is 2.24. The van der Waals surface area contributed by atoms with Crippen molar-refractivity contribution in [1.82, 2.24) is 20.0 Å². The fourth-order valence-corrected chi connectivity index (χ4v) is 3.77. The van der Waals surface area contributed by atoms with Crippen LogP contribution in [0.5, 0.6) is 0 Å². The molecule has 0 saturated heterocycles. The minimum atomic E-state index is -0.570. The zero-order chi connectivity index (χ0) is 23.0. The summed E-state index contributed by atoms with van der Waals surface area (Å²) in [6, 6.07) is 17.7. The van der Waals surface area contributed by atoms with Crippen molar-refractivity contribution in [2.24, 2.45) is 0 Å². The number of hydrogen-bond acceptors (Lipinski definition) is 6. The molecule has 0 amide bonds. The summed E-state index contributed by atoms with van der Waals surface area (Å²) < 4.78 is 11.1. The molecule has 0 saturated carbocycles. The average Bonchev–Trinajstić information content (AvgIpc) is 3.49. The van der Waals surface area contributed by atoms with Gasteiger partial charge in [-0.15, -0.1) is 0 Å². The largest absolute Gasteiger partial charge is 0.464 e. The summed E-state index contributed by atoms with van der Waals surface area (Å²) in [4.78, 5) is 18.5. The van der Waals surface area contributed by atoms with Crippen LogP contribution < -0.4 is 0 Å². The maximum atomic E-state index is 12.4. The number of nitrogens with zero attached hydrogens (tertiary/aromatic N) is 4. The van der Waals surface area contributed by atoms with Crippen molar-refractivity contribution in [3.8, 4) is 11.5 Å². The second kappa shape index (κ2) is 10.7. The van der Waals surface area contributed by atoms with E-state index in [0.717, 1.165) is 41.8 Å². The van der Waals surface area contributed by atoms with E-state index >= 15 is 0 Å². The van der Waals surface area contributed by atoms with E-state index in [0.29, 0.717) is 18.9 Å². The van der Waals surface area contributed by atoms with E-state index in [9.17, 15) is 4.79 Å². The minimum Gasteiger partial charge on any atom is -0.464 e. The molecule has 0 bridgehead atoms. The van der Waals surface area contributed by atoms with Crippen LogP contribution in [0.2, 0.25) is 0 Å². The molecule has 0 spiro atoms. The number of benzene rings is 2. The minimum absolute atomic E-state index is 0.323. The van der Waals surface area contributed by atoms with Gasteiger partial charge in [0.05, 0.1) is 24.7 Å². The third-order valence-corrected chi connectivity index (χ3v) is 5.52. The zero-order valence-corrected chi connectivity index (χ0v) is 19.0. The van der Waals surface area contributed by atoms with Gasteiger partial charge in [0.25, 0.3) is 0 Å². The number of esters is 1. The smallest absolute Gasteiger partial charge is 0.333 e. The summed E-state index contributed by atoms with van der Waals surface area (Å²) in [5.41, 5.74) is 4.28. The SMILES string of the molecule is CCOC(=O)C(Cc1ccc(CCCc2nc(-c3ccccc3)oc2C)cc1)n1nccn1. The van der Waals surface area contributed by atoms with Gasteiger partial charge in [0.1, 0.15) is 5.76 Å². The van der Waals surface area contributed by atoms with Gasteiger partial charge in [-0.2, -0.15) is 15.0 Å². The Kier molecular flexibility index (Phi) is 7.29. The Morgan fingerprint density at radius 3 is 2.39 bits per heavy atom. The molecular weight excluding hydrogens is 416 g/mol. The van der Waals surface area contributed by atoms with Crippen molar-refractivity contribution >= 4 is 5.97 Å². The highest BCUT2D eigenvalue weighted by Crippen LogP contribution is 2.23. The molecule has 1 atom stereocenters. The Balaban J connectivity index is 1.33. The van der Waals surface area contributed by atoms with Gasteiger partial charge >= 0.3 is 5.97 Å². The Morgan fingerprint density at radius 2 is 1.70 bits per heavy atom. The lowest BCUT2D eigenvalue weighted by molar-refractivity contribution is -0.147. The Morgan fingerprint density at radius 1 is 1.00 bits per heavy atom. The highest BCUT2D eigenvalue weighted by molar-refractivity contribution is 5.74. The van der Waals surface area contributed by atoms with Crippen LogP contribution in [0.3, 0.4) is 0 Å². The molecular formula is C26H28N4O3. The maximum Gasteiger partial charge on any atom is 0.333 e. The number of carbonyl (C=O) groups excluding carboxylic acids is 1. The second-order valence-corrected chi connectivity index (χ2v) is 7.88. The third-order valence-electron chi connectivity index (χ3n) is 5.52. The number of aryl methyl sites for hydroxylation is 3. The van der Waals surface area contributed by atoms with Gasteiger partial charge in [-0.25, -0.2) is 9.78 Å². The number of aromatic nitrogens is 4. The summed E-state index contributed by atoms with van der Waals surface area (Å²) in [6.45, 7) is 4.09. The molecule has 0 aliphatic carbocycles. The maximum absolute atomic E-state index is 12.4. The Labute approximate surface area is 193 Å². The molecule has 2 aromatic heterocycles. The molecule has 170 valence electrons. The first-order chi connectivity index (χ1) is 16.1. The first-order valence-corrected chi connectivity index (χ1v) is 11.3. The topological polar surface area (TPSA) is 83.0 Å². The zero-order valence-electron chi connectivity index (χ0n) is 19.0. The molecule has 7 nitrogen and oxygen atoms in total. The number of rotatable bonds is 10. The first kappa shape index (κ1) is 22.5. The van der Waals surface area contributed by atoms with E-state index in [2.05, 4.69) is 39.4 Å². The highest BCUT2D eigenvalue weighted by atomic mass is 16.5. The number of hydrogen-bond donors (Lipinski definition) is 0. The van der Waals surface area contributed by atoms with Gasteiger partial charge in [-0.3, -0.25) is 0 Å². The fourth-order valence-electron chi connectivity index (χ4n) is 3.77. The molecule has 0 fully saturated rings.